The number of carboxylic acid groups (broad SMARTS) is 1. The second kappa shape index (κ2) is 7.19. The molecule has 1 aromatic carbocycles. The van der Waals surface area contributed by atoms with Crippen molar-refractivity contribution in [1.82, 2.24) is 4.90 Å². The molecular weight excluding hydrogens is 262 g/mol. The lowest BCUT2D eigenvalue weighted by molar-refractivity contribution is -0.136. The first kappa shape index (κ1) is 15.6. The van der Waals surface area contributed by atoms with E-state index >= 15 is 0 Å². The van der Waals surface area contributed by atoms with E-state index in [0.717, 1.165) is 17.3 Å². The minimum absolute atomic E-state index is 0.0568. The van der Waals surface area contributed by atoms with Crippen molar-refractivity contribution in [3.63, 3.8) is 0 Å². The highest BCUT2D eigenvalue weighted by Gasteiger charge is 2.15. The predicted octanol–water partition coefficient (Wildman–Crippen LogP) is 2.16. The summed E-state index contributed by atoms with van der Waals surface area (Å²) in [6, 6.07) is 8.00. The van der Waals surface area contributed by atoms with Gasteiger partial charge >= 0.3 is 5.97 Å². The monoisotopic (exact) mass is 281 g/mol. The molecule has 0 aliphatic carbocycles. The van der Waals surface area contributed by atoms with E-state index in [0.29, 0.717) is 6.54 Å². The number of aryl methyl sites for hydroxylation is 1. The van der Waals surface area contributed by atoms with Gasteiger partial charge in [-0.15, -0.1) is 11.8 Å². The Morgan fingerprint density at radius 2 is 1.89 bits per heavy atom. The van der Waals surface area contributed by atoms with E-state index in [-0.39, 0.29) is 11.7 Å². The van der Waals surface area contributed by atoms with Crippen molar-refractivity contribution in [2.24, 2.45) is 0 Å². The van der Waals surface area contributed by atoms with Gasteiger partial charge in [-0.1, -0.05) is 29.8 Å². The Labute approximate surface area is 117 Å². The minimum atomic E-state index is -0.890. The molecular formula is C14H19NO3S. The lowest BCUT2D eigenvalue weighted by Crippen LogP contribution is -2.29. The van der Waals surface area contributed by atoms with Crippen molar-refractivity contribution in [3.8, 4) is 0 Å². The fourth-order valence-electron chi connectivity index (χ4n) is 1.43. The molecule has 0 bridgehead atoms. The summed E-state index contributed by atoms with van der Waals surface area (Å²) in [5, 5.41) is 8.19. The van der Waals surface area contributed by atoms with Gasteiger partial charge in [-0.05, 0) is 19.4 Å². The summed E-state index contributed by atoms with van der Waals surface area (Å²) in [5.74, 6) is -0.756. The highest BCUT2D eigenvalue weighted by Crippen LogP contribution is 2.12. The molecule has 0 aliphatic heterocycles. The molecule has 5 heteroatoms. The largest absolute Gasteiger partial charge is 0.480 e. The van der Waals surface area contributed by atoms with Gasteiger partial charge in [0.2, 0.25) is 5.91 Å². The van der Waals surface area contributed by atoms with Crippen molar-refractivity contribution in [3.05, 3.63) is 35.4 Å². The number of carbonyl (C=O) groups excluding carboxylic acids is 1. The van der Waals surface area contributed by atoms with E-state index in [4.69, 9.17) is 5.11 Å². The van der Waals surface area contributed by atoms with Crippen LogP contribution in [0.2, 0.25) is 0 Å². The Bertz CT molecular complexity index is 445. The van der Waals surface area contributed by atoms with Crippen LogP contribution in [0, 0.1) is 6.92 Å². The summed E-state index contributed by atoms with van der Waals surface area (Å²) in [6.45, 7) is 4.14. The first-order valence-corrected chi connectivity index (χ1v) is 7.09. The molecule has 0 radical (unpaired) electrons. The number of aliphatic carboxylic acids is 1. The Kier molecular flexibility index (Phi) is 5.89. The average Bonchev–Trinajstić information content (AvgIpc) is 2.37. The summed E-state index contributed by atoms with van der Waals surface area (Å²) in [4.78, 5) is 24.1. The first-order chi connectivity index (χ1) is 8.90. The summed E-state index contributed by atoms with van der Waals surface area (Å²) in [7, 11) is 1.73. The third-order valence-electron chi connectivity index (χ3n) is 2.77. The van der Waals surface area contributed by atoms with Gasteiger partial charge in [-0.25, -0.2) is 0 Å². The van der Waals surface area contributed by atoms with Crippen molar-refractivity contribution in [2.75, 3.05) is 12.8 Å². The van der Waals surface area contributed by atoms with Crippen molar-refractivity contribution >= 4 is 23.6 Å². The molecule has 1 N–H and O–H groups in total. The number of benzene rings is 1. The third-order valence-corrected chi connectivity index (χ3v) is 3.89. The van der Waals surface area contributed by atoms with Crippen LogP contribution in [0.1, 0.15) is 18.1 Å². The minimum Gasteiger partial charge on any atom is -0.480 e. The fourth-order valence-corrected chi connectivity index (χ4v) is 2.19. The highest BCUT2D eigenvalue weighted by molar-refractivity contribution is 8.01. The summed E-state index contributed by atoms with van der Waals surface area (Å²) < 4.78 is 0. The van der Waals surface area contributed by atoms with Gasteiger partial charge in [-0.2, -0.15) is 0 Å². The molecule has 1 amide bonds. The van der Waals surface area contributed by atoms with Crippen LogP contribution in [0.4, 0.5) is 0 Å². The lowest BCUT2D eigenvalue weighted by Gasteiger charge is -2.17. The molecule has 19 heavy (non-hydrogen) atoms. The quantitative estimate of drug-likeness (QED) is 0.868. The summed E-state index contributed by atoms with van der Waals surface area (Å²) in [6.07, 6.45) is 0. The van der Waals surface area contributed by atoms with E-state index in [1.807, 2.05) is 31.2 Å². The number of rotatable bonds is 6. The standard InChI is InChI=1S/C14H19NO3S/c1-10-4-6-12(7-5-10)8-15(3)13(16)9-19-11(2)14(17)18/h4-7,11H,8-9H2,1-3H3,(H,17,18). The predicted molar refractivity (Wildman–Crippen MR) is 77.2 cm³/mol. The zero-order chi connectivity index (χ0) is 14.4. The van der Waals surface area contributed by atoms with Crippen molar-refractivity contribution in [1.29, 1.82) is 0 Å². The van der Waals surface area contributed by atoms with Gasteiger partial charge in [0.15, 0.2) is 0 Å². The van der Waals surface area contributed by atoms with Crippen LogP contribution < -0.4 is 0 Å². The number of carboxylic acids is 1. The van der Waals surface area contributed by atoms with Crippen molar-refractivity contribution in [2.45, 2.75) is 25.6 Å². The maximum Gasteiger partial charge on any atom is 0.316 e. The Morgan fingerprint density at radius 3 is 2.42 bits per heavy atom. The van der Waals surface area contributed by atoms with Gasteiger partial charge in [0.1, 0.15) is 0 Å². The van der Waals surface area contributed by atoms with Crippen LogP contribution >= 0.6 is 11.8 Å². The van der Waals surface area contributed by atoms with E-state index in [9.17, 15) is 9.59 Å². The Balaban J connectivity index is 2.44. The van der Waals surface area contributed by atoms with Gasteiger partial charge in [-0.3, -0.25) is 9.59 Å². The molecule has 1 atom stereocenters. The van der Waals surface area contributed by atoms with E-state index < -0.39 is 11.2 Å². The van der Waals surface area contributed by atoms with E-state index in [1.54, 1.807) is 18.9 Å². The van der Waals surface area contributed by atoms with Gasteiger partial charge < -0.3 is 10.0 Å². The number of amides is 1. The number of hydrogen-bond donors (Lipinski definition) is 1. The Morgan fingerprint density at radius 1 is 1.32 bits per heavy atom. The molecule has 1 rings (SSSR count). The molecule has 0 heterocycles. The molecule has 0 saturated carbocycles. The van der Waals surface area contributed by atoms with Crippen LogP contribution in [0.5, 0.6) is 0 Å². The highest BCUT2D eigenvalue weighted by atomic mass is 32.2. The van der Waals surface area contributed by atoms with Crippen LogP contribution in [-0.4, -0.2) is 39.9 Å². The zero-order valence-corrected chi connectivity index (χ0v) is 12.2. The SMILES string of the molecule is Cc1ccc(CN(C)C(=O)CSC(C)C(=O)O)cc1. The molecule has 1 unspecified atom stereocenters. The second-order valence-electron chi connectivity index (χ2n) is 4.53. The maximum absolute atomic E-state index is 11.9. The first-order valence-electron chi connectivity index (χ1n) is 6.04. The van der Waals surface area contributed by atoms with Crippen molar-refractivity contribution < 1.29 is 14.7 Å². The third kappa shape index (κ3) is 5.34. The number of nitrogens with zero attached hydrogens (tertiary/aromatic N) is 1. The van der Waals surface area contributed by atoms with Crippen LogP contribution in [0.3, 0.4) is 0 Å². The van der Waals surface area contributed by atoms with Crippen LogP contribution in [-0.2, 0) is 16.1 Å². The molecule has 0 aliphatic rings. The number of hydrogen-bond acceptors (Lipinski definition) is 3. The van der Waals surface area contributed by atoms with Gasteiger partial charge in [0, 0.05) is 13.6 Å². The molecule has 4 nitrogen and oxygen atoms in total. The van der Waals surface area contributed by atoms with Crippen LogP contribution in [0.25, 0.3) is 0 Å². The number of thioether (sulfide) groups is 1. The molecule has 0 spiro atoms. The summed E-state index contributed by atoms with van der Waals surface area (Å²) >= 11 is 1.14. The zero-order valence-electron chi connectivity index (χ0n) is 11.4. The van der Waals surface area contributed by atoms with E-state index in [1.165, 1.54) is 5.56 Å². The molecule has 0 saturated heterocycles. The van der Waals surface area contributed by atoms with E-state index in [2.05, 4.69) is 0 Å². The molecule has 1 aromatic rings. The Hall–Kier alpha value is -1.49. The van der Waals surface area contributed by atoms with Gasteiger partial charge in [0.05, 0.1) is 11.0 Å². The lowest BCUT2D eigenvalue weighted by atomic mass is 10.1. The normalized spacial score (nSPS) is 11.9. The van der Waals surface area contributed by atoms with Gasteiger partial charge in [0.25, 0.3) is 0 Å². The molecule has 0 aromatic heterocycles. The number of carbonyl (C=O) groups is 2. The summed E-state index contributed by atoms with van der Waals surface area (Å²) in [5.41, 5.74) is 2.25. The molecule has 0 fully saturated rings. The van der Waals surface area contributed by atoms with Crippen LogP contribution in [0.15, 0.2) is 24.3 Å². The topological polar surface area (TPSA) is 57.6 Å². The maximum atomic E-state index is 11.9. The average molecular weight is 281 g/mol. The second-order valence-corrected chi connectivity index (χ2v) is 5.86. The molecule has 104 valence electrons. The fraction of sp³-hybridized carbons (Fsp3) is 0.429. The smallest absolute Gasteiger partial charge is 0.316 e.